The molecule has 2 aromatic rings. The number of benzene rings is 1. The molecule has 0 spiro atoms. The first-order valence-electron chi connectivity index (χ1n) is 10.8. The van der Waals surface area contributed by atoms with Crippen molar-refractivity contribution in [2.75, 3.05) is 6.61 Å². The fraction of sp³-hybridized carbons (Fsp3) is 0.565. The van der Waals surface area contributed by atoms with Crippen LogP contribution < -0.4 is 5.73 Å². The number of fused-ring (bicyclic) bond motifs is 1. The van der Waals surface area contributed by atoms with Gasteiger partial charge in [0, 0.05) is 23.5 Å². The highest BCUT2D eigenvalue weighted by Gasteiger charge is 2.53. The maximum absolute atomic E-state index is 12.4. The molecule has 1 aromatic heterocycles. The molecule has 4 bridgehead atoms. The zero-order chi connectivity index (χ0) is 20.9. The van der Waals surface area contributed by atoms with E-state index in [2.05, 4.69) is 4.98 Å². The number of nitrogens with one attached hydrogen (secondary N) is 1. The Kier molecular flexibility index (Phi) is 4.73. The van der Waals surface area contributed by atoms with Crippen LogP contribution in [0, 0.1) is 17.8 Å². The van der Waals surface area contributed by atoms with E-state index in [4.69, 9.17) is 15.2 Å². The van der Waals surface area contributed by atoms with Crippen LogP contribution in [-0.2, 0) is 25.5 Å². The summed E-state index contributed by atoms with van der Waals surface area (Å²) in [6.07, 6.45) is 8.67. The first-order valence-corrected chi connectivity index (χ1v) is 10.8. The number of nitrogens with two attached hydrogens (primary N) is 1. The molecule has 0 aliphatic heterocycles. The van der Waals surface area contributed by atoms with Crippen LogP contribution in [0.2, 0.25) is 0 Å². The predicted octanol–water partition coefficient (Wildman–Crippen LogP) is 2.80. The van der Waals surface area contributed by atoms with Crippen molar-refractivity contribution in [3.05, 3.63) is 30.0 Å². The second kappa shape index (κ2) is 7.30. The molecular weight excluding hydrogens is 384 g/mol. The molecule has 7 nitrogen and oxygen atoms in total. The minimum atomic E-state index is -0.904. The van der Waals surface area contributed by atoms with Gasteiger partial charge < -0.3 is 25.3 Å². The van der Waals surface area contributed by atoms with Crippen LogP contribution in [0.3, 0.4) is 0 Å². The Morgan fingerprint density at radius 3 is 2.50 bits per heavy atom. The van der Waals surface area contributed by atoms with Gasteiger partial charge in [0.15, 0.2) is 6.61 Å². The molecule has 4 N–H and O–H groups in total. The van der Waals surface area contributed by atoms with E-state index in [-0.39, 0.29) is 17.8 Å². The summed E-state index contributed by atoms with van der Waals surface area (Å²) < 4.78 is 11.0. The van der Waals surface area contributed by atoms with E-state index in [1.54, 1.807) is 24.4 Å². The third-order valence-electron chi connectivity index (χ3n) is 7.14. The van der Waals surface area contributed by atoms with Gasteiger partial charge in [-0.3, -0.25) is 4.79 Å². The summed E-state index contributed by atoms with van der Waals surface area (Å²) in [4.78, 5) is 27.8. The average molecular weight is 412 g/mol. The number of phenolic OH excluding ortho intramolecular Hbond substituents is 1. The van der Waals surface area contributed by atoms with Crippen LogP contribution in [-0.4, -0.2) is 40.3 Å². The lowest BCUT2D eigenvalue weighted by atomic mass is 9.54. The highest BCUT2D eigenvalue weighted by atomic mass is 16.6. The summed E-state index contributed by atoms with van der Waals surface area (Å²) in [5, 5.41) is 10.5. The van der Waals surface area contributed by atoms with Gasteiger partial charge in [0.1, 0.15) is 17.4 Å². The quantitative estimate of drug-likeness (QED) is 0.629. The van der Waals surface area contributed by atoms with Crippen molar-refractivity contribution in [2.24, 2.45) is 23.5 Å². The highest BCUT2D eigenvalue weighted by molar-refractivity contribution is 5.86. The van der Waals surface area contributed by atoms with Gasteiger partial charge in [0.2, 0.25) is 0 Å². The molecule has 0 amide bonds. The van der Waals surface area contributed by atoms with E-state index in [9.17, 15) is 14.7 Å². The third-order valence-corrected chi connectivity index (χ3v) is 7.14. The minimum absolute atomic E-state index is 0.145. The Morgan fingerprint density at radius 2 is 1.83 bits per heavy atom. The number of esters is 2. The zero-order valence-corrected chi connectivity index (χ0v) is 16.9. The molecule has 7 heteroatoms. The Hall–Kier alpha value is -2.54. The topological polar surface area (TPSA) is 115 Å². The van der Waals surface area contributed by atoms with Gasteiger partial charge >= 0.3 is 11.9 Å². The molecule has 4 aliphatic carbocycles. The Balaban J connectivity index is 1.15. The van der Waals surface area contributed by atoms with E-state index < -0.39 is 24.6 Å². The van der Waals surface area contributed by atoms with Gasteiger partial charge in [0.25, 0.3) is 0 Å². The van der Waals surface area contributed by atoms with Gasteiger partial charge in [0.05, 0.1) is 0 Å². The molecule has 30 heavy (non-hydrogen) atoms. The van der Waals surface area contributed by atoms with Crippen molar-refractivity contribution in [2.45, 2.75) is 56.6 Å². The van der Waals surface area contributed by atoms with Crippen LogP contribution in [0.15, 0.2) is 24.4 Å². The van der Waals surface area contributed by atoms with E-state index in [0.29, 0.717) is 17.8 Å². The first-order chi connectivity index (χ1) is 14.4. The van der Waals surface area contributed by atoms with E-state index >= 15 is 0 Å². The van der Waals surface area contributed by atoms with Crippen molar-refractivity contribution < 1.29 is 24.2 Å². The number of carbonyl (C=O) groups is 2. The van der Waals surface area contributed by atoms with Crippen LogP contribution >= 0.6 is 0 Å². The lowest BCUT2D eigenvalue weighted by molar-refractivity contribution is -0.192. The minimum Gasteiger partial charge on any atom is -0.508 e. The summed E-state index contributed by atoms with van der Waals surface area (Å²) in [6.45, 7) is -0.400. The lowest BCUT2D eigenvalue weighted by Crippen LogP contribution is -2.53. The van der Waals surface area contributed by atoms with Gasteiger partial charge in [-0.15, -0.1) is 0 Å². The van der Waals surface area contributed by atoms with Crippen molar-refractivity contribution in [3.8, 4) is 5.75 Å². The van der Waals surface area contributed by atoms with Crippen molar-refractivity contribution in [1.82, 2.24) is 4.98 Å². The summed E-state index contributed by atoms with van der Waals surface area (Å²) in [5.41, 5.74) is 7.32. The van der Waals surface area contributed by atoms with Gasteiger partial charge in [-0.25, -0.2) is 4.79 Å². The second-order valence-electron chi connectivity index (χ2n) is 9.54. The molecule has 1 aromatic carbocycles. The number of ether oxygens (including phenoxy) is 2. The molecule has 160 valence electrons. The van der Waals surface area contributed by atoms with E-state index in [0.717, 1.165) is 35.7 Å². The fourth-order valence-electron chi connectivity index (χ4n) is 6.32. The van der Waals surface area contributed by atoms with E-state index in [1.165, 1.54) is 19.3 Å². The van der Waals surface area contributed by atoms with Crippen molar-refractivity contribution in [3.63, 3.8) is 0 Å². The lowest BCUT2D eigenvalue weighted by Gasteiger charge is -2.55. The van der Waals surface area contributed by atoms with Crippen LogP contribution in [0.25, 0.3) is 10.9 Å². The smallest absolute Gasteiger partial charge is 0.344 e. The summed E-state index contributed by atoms with van der Waals surface area (Å²) >= 11 is 0. The molecule has 4 aliphatic rings. The Morgan fingerprint density at radius 1 is 1.17 bits per heavy atom. The normalized spacial score (nSPS) is 30.4. The monoisotopic (exact) mass is 412 g/mol. The maximum Gasteiger partial charge on any atom is 0.344 e. The number of rotatable bonds is 6. The summed E-state index contributed by atoms with van der Waals surface area (Å²) in [7, 11) is 0. The number of phenols is 1. The van der Waals surface area contributed by atoms with Gasteiger partial charge in [-0.2, -0.15) is 0 Å². The highest BCUT2D eigenvalue weighted by Crippen LogP contribution is 2.57. The molecule has 1 unspecified atom stereocenters. The summed E-state index contributed by atoms with van der Waals surface area (Å²) in [5.74, 6) is 1.07. The molecule has 1 atom stereocenters. The Bertz CT molecular complexity index is 946. The number of aromatic amines is 1. The zero-order valence-electron chi connectivity index (χ0n) is 16.9. The maximum atomic E-state index is 12.4. The number of hydrogen-bond acceptors (Lipinski definition) is 6. The van der Waals surface area contributed by atoms with Gasteiger partial charge in [-0.1, -0.05) is 0 Å². The average Bonchev–Trinajstić information content (AvgIpc) is 3.06. The molecule has 1 heterocycles. The molecule has 0 radical (unpaired) electrons. The van der Waals surface area contributed by atoms with Gasteiger partial charge in [-0.05, 0) is 80.0 Å². The molecule has 0 saturated heterocycles. The van der Waals surface area contributed by atoms with E-state index in [1.807, 2.05) is 0 Å². The molecular formula is C23H28N2O5. The number of carbonyl (C=O) groups excluding carboxylic acids is 2. The molecule has 4 saturated carbocycles. The Labute approximate surface area is 174 Å². The fourth-order valence-corrected chi connectivity index (χ4v) is 6.32. The first kappa shape index (κ1) is 19.4. The predicted molar refractivity (Wildman–Crippen MR) is 110 cm³/mol. The molecule has 4 fully saturated rings. The SMILES string of the molecule is NC(Cc1c[nH]c2ccc(O)cc12)C(=O)OCC(=O)OC12CC3CC(CC(C3)C1)C2. The van der Waals surface area contributed by atoms with Crippen LogP contribution in [0.1, 0.15) is 44.1 Å². The number of H-pyrrole nitrogens is 1. The van der Waals surface area contributed by atoms with Crippen molar-refractivity contribution >= 4 is 22.8 Å². The number of aromatic nitrogens is 1. The summed E-state index contributed by atoms with van der Waals surface area (Å²) in [6, 6.07) is 4.07. The standard InChI is InChI=1S/C23H28N2O5/c24-19(6-16-11-25-20-2-1-17(26)7-18(16)20)22(28)29-12-21(27)30-23-8-13-3-14(9-23)5-15(4-13)10-23/h1-2,7,11,13-15,19,25-26H,3-6,8-10,12,24H2. The van der Waals surface area contributed by atoms with Crippen LogP contribution in [0.4, 0.5) is 0 Å². The largest absolute Gasteiger partial charge is 0.508 e. The molecule has 6 rings (SSSR count). The second-order valence-corrected chi connectivity index (χ2v) is 9.54. The van der Waals surface area contributed by atoms with Crippen molar-refractivity contribution in [1.29, 1.82) is 0 Å². The third kappa shape index (κ3) is 3.67. The number of aromatic hydroxyl groups is 1. The van der Waals surface area contributed by atoms with Crippen LogP contribution in [0.5, 0.6) is 5.75 Å². The number of hydrogen-bond donors (Lipinski definition) is 3.